The Bertz CT molecular complexity index is 1040. The van der Waals surface area contributed by atoms with E-state index < -0.39 is 59.1 Å². The second-order valence-corrected chi connectivity index (χ2v) is 12.6. The molecular weight excluding hydrogens is 548 g/mol. The fourth-order valence-corrected chi connectivity index (χ4v) is 3.49. The zero-order chi connectivity index (χ0) is 32.3. The largest absolute Gasteiger partial charge is 0.467 e. The maximum atomic E-state index is 13.3. The lowest BCUT2D eigenvalue weighted by Crippen LogP contribution is -2.53. The third-order valence-electron chi connectivity index (χ3n) is 5.13. The van der Waals surface area contributed by atoms with E-state index in [2.05, 4.69) is 5.32 Å². The zero-order valence-electron chi connectivity index (χ0n) is 26.4. The number of hydrogen-bond donors (Lipinski definition) is 1. The van der Waals surface area contributed by atoms with Crippen LogP contribution < -0.4 is 5.32 Å². The van der Waals surface area contributed by atoms with E-state index in [-0.39, 0.29) is 25.9 Å². The average molecular weight is 595 g/mol. The van der Waals surface area contributed by atoms with Gasteiger partial charge < -0.3 is 29.0 Å². The quantitative estimate of drug-likeness (QED) is 0.272. The number of hydrogen-bond acceptors (Lipinski definition) is 10. The summed E-state index contributed by atoms with van der Waals surface area (Å²) in [6, 6.07) is 6.39. The lowest BCUT2D eigenvalue weighted by atomic mass is 10.0. The molecule has 2 atom stereocenters. The van der Waals surface area contributed by atoms with Crippen LogP contribution in [0.1, 0.15) is 87.1 Å². The summed E-state index contributed by atoms with van der Waals surface area (Å²) in [6.45, 7) is 14.6. The standard InChI is InChI=1S/C30H46N2O10/c1-28(2,3)40-24(34)22(32(26(36)41-29(4,5)6)27(37)42-30(7,8)9)18-14-17-21(23(33)38-10)31-25(35)39-19-20-15-12-11-13-16-20/h11-13,15-16,21-22H,14,17-19H2,1-10H3,(H,31,35)/t21-,22-/m0/s1. The van der Waals surface area contributed by atoms with Crippen molar-refractivity contribution in [2.24, 2.45) is 0 Å². The van der Waals surface area contributed by atoms with E-state index in [1.807, 2.05) is 6.07 Å². The molecule has 0 unspecified atom stereocenters. The molecule has 1 aromatic rings. The normalized spacial score (nSPS) is 13.2. The number of carbonyl (C=O) groups excluding carboxylic acids is 5. The molecule has 1 N–H and O–H groups in total. The second-order valence-electron chi connectivity index (χ2n) is 12.6. The smallest absolute Gasteiger partial charge is 0.420 e. The average Bonchev–Trinajstić information content (AvgIpc) is 2.83. The van der Waals surface area contributed by atoms with E-state index in [1.165, 1.54) is 7.11 Å². The van der Waals surface area contributed by atoms with Crippen molar-refractivity contribution >= 4 is 30.2 Å². The number of nitrogens with one attached hydrogen (secondary N) is 1. The van der Waals surface area contributed by atoms with Crippen LogP contribution >= 0.6 is 0 Å². The Morgan fingerprint density at radius 1 is 0.738 bits per heavy atom. The lowest BCUT2D eigenvalue weighted by molar-refractivity contribution is -0.161. The lowest BCUT2D eigenvalue weighted by Gasteiger charge is -2.34. The molecule has 0 saturated heterocycles. The van der Waals surface area contributed by atoms with Crippen LogP contribution in [0.2, 0.25) is 0 Å². The fourth-order valence-electron chi connectivity index (χ4n) is 3.49. The summed E-state index contributed by atoms with van der Waals surface area (Å²) in [4.78, 5) is 65.3. The fraction of sp³-hybridized carbons (Fsp3) is 0.633. The van der Waals surface area contributed by atoms with E-state index in [4.69, 9.17) is 23.7 Å². The maximum Gasteiger partial charge on any atom is 0.420 e. The number of methoxy groups -OCH3 is 1. The van der Waals surface area contributed by atoms with E-state index in [0.29, 0.717) is 4.90 Å². The number of esters is 2. The molecule has 12 nitrogen and oxygen atoms in total. The molecule has 1 aromatic carbocycles. The van der Waals surface area contributed by atoms with Crippen LogP contribution in [0.5, 0.6) is 0 Å². The van der Waals surface area contributed by atoms with Crippen molar-refractivity contribution in [2.75, 3.05) is 7.11 Å². The Morgan fingerprint density at radius 2 is 1.24 bits per heavy atom. The summed E-state index contributed by atoms with van der Waals surface area (Å²) >= 11 is 0. The maximum absolute atomic E-state index is 13.3. The first-order chi connectivity index (χ1) is 19.2. The third-order valence-corrected chi connectivity index (χ3v) is 5.13. The van der Waals surface area contributed by atoms with Gasteiger partial charge in [-0.2, -0.15) is 4.90 Å². The Hall–Kier alpha value is -3.83. The highest BCUT2D eigenvalue weighted by molar-refractivity contribution is 5.94. The van der Waals surface area contributed by atoms with Crippen molar-refractivity contribution in [3.63, 3.8) is 0 Å². The monoisotopic (exact) mass is 594 g/mol. The van der Waals surface area contributed by atoms with Gasteiger partial charge in [-0.05, 0) is 87.1 Å². The van der Waals surface area contributed by atoms with Gasteiger partial charge in [0.05, 0.1) is 7.11 Å². The number of carbonyl (C=O) groups is 5. The zero-order valence-corrected chi connectivity index (χ0v) is 26.4. The van der Waals surface area contributed by atoms with Crippen molar-refractivity contribution in [2.45, 2.75) is 117 Å². The molecule has 0 radical (unpaired) electrons. The molecule has 0 aliphatic carbocycles. The Kier molecular flexibility index (Phi) is 13.3. The first-order valence-electron chi connectivity index (χ1n) is 13.8. The summed E-state index contributed by atoms with van der Waals surface area (Å²) in [5.41, 5.74) is -2.17. The van der Waals surface area contributed by atoms with Gasteiger partial charge in [-0.25, -0.2) is 24.0 Å². The Morgan fingerprint density at radius 3 is 1.69 bits per heavy atom. The van der Waals surface area contributed by atoms with Crippen molar-refractivity contribution in [3.05, 3.63) is 35.9 Å². The molecule has 0 aromatic heterocycles. The van der Waals surface area contributed by atoms with Gasteiger partial charge >= 0.3 is 30.2 Å². The van der Waals surface area contributed by atoms with Crippen molar-refractivity contribution in [1.82, 2.24) is 10.2 Å². The molecule has 42 heavy (non-hydrogen) atoms. The molecule has 0 saturated carbocycles. The summed E-state index contributed by atoms with van der Waals surface area (Å²) in [5.74, 6) is -1.61. The minimum atomic E-state index is -1.46. The van der Waals surface area contributed by atoms with E-state index in [1.54, 1.807) is 86.6 Å². The Balaban J connectivity index is 3.18. The van der Waals surface area contributed by atoms with Crippen molar-refractivity contribution in [3.8, 4) is 0 Å². The number of amides is 3. The van der Waals surface area contributed by atoms with Crippen LogP contribution in [0.15, 0.2) is 30.3 Å². The number of ether oxygens (including phenoxy) is 5. The van der Waals surface area contributed by atoms with Crippen LogP contribution in [0, 0.1) is 0 Å². The molecular formula is C30H46N2O10. The highest BCUT2D eigenvalue weighted by Crippen LogP contribution is 2.23. The SMILES string of the molecule is COC(=O)[C@H](CCC[C@@H](C(=O)OC(C)(C)C)N(C(=O)OC(C)(C)C)C(=O)OC(C)(C)C)NC(=O)OCc1ccccc1. The minimum Gasteiger partial charge on any atom is -0.467 e. The topological polar surface area (TPSA) is 147 Å². The highest BCUT2D eigenvalue weighted by Gasteiger charge is 2.42. The molecule has 0 aliphatic rings. The van der Waals surface area contributed by atoms with Crippen LogP contribution in [-0.2, 0) is 39.9 Å². The first kappa shape index (κ1) is 36.2. The van der Waals surface area contributed by atoms with Crippen molar-refractivity contribution in [1.29, 1.82) is 0 Å². The van der Waals surface area contributed by atoms with Crippen molar-refractivity contribution < 1.29 is 47.7 Å². The van der Waals surface area contributed by atoms with Gasteiger partial charge in [0.15, 0.2) is 0 Å². The van der Waals surface area contributed by atoms with E-state index in [9.17, 15) is 24.0 Å². The molecule has 0 aliphatic heterocycles. The molecule has 0 heterocycles. The van der Waals surface area contributed by atoms with Gasteiger partial charge in [-0.1, -0.05) is 30.3 Å². The third kappa shape index (κ3) is 14.2. The van der Waals surface area contributed by atoms with Gasteiger partial charge in [0.2, 0.25) is 0 Å². The van der Waals surface area contributed by atoms with Gasteiger partial charge in [0.25, 0.3) is 0 Å². The summed E-state index contributed by atoms with van der Waals surface area (Å²) in [6.07, 6.45) is -3.11. The molecule has 0 bridgehead atoms. The van der Waals surface area contributed by atoms with Crippen LogP contribution in [0.4, 0.5) is 14.4 Å². The summed E-state index contributed by atoms with van der Waals surface area (Å²) in [7, 11) is 1.17. The number of nitrogens with zero attached hydrogens (tertiary/aromatic N) is 1. The number of benzene rings is 1. The summed E-state index contributed by atoms with van der Waals surface area (Å²) in [5, 5.41) is 2.47. The van der Waals surface area contributed by atoms with Crippen LogP contribution in [0.25, 0.3) is 0 Å². The molecule has 236 valence electrons. The molecule has 3 amide bonds. The molecule has 1 rings (SSSR count). The molecule has 0 spiro atoms. The predicted molar refractivity (Wildman–Crippen MR) is 153 cm³/mol. The first-order valence-corrected chi connectivity index (χ1v) is 13.8. The number of imide groups is 1. The molecule has 0 fully saturated rings. The Labute approximate surface area is 248 Å². The predicted octanol–water partition coefficient (Wildman–Crippen LogP) is 5.51. The van der Waals surface area contributed by atoms with E-state index in [0.717, 1.165) is 5.56 Å². The van der Waals surface area contributed by atoms with Gasteiger partial charge in [-0.3, -0.25) is 0 Å². The van der Waals surface area contributed by atoms with Crippen LogP contribution in [0.3, 0.4) is 0 Å². The highest BCUT2D eigenvalue weighted by atomic mass is 16.6. The summed E-state index contributed by atoms with van der Waals surface area (Å²) < 4.78 is 26.4. The second kappa shape index (κ2) is 15.4. The minimum absolute atomic E-state index is 0.0110. The number of rotatable bonds is 10. The number of alkyl carbamates (subject to hydrolysis) is 1. The van der Waals surface area contributed by atoms with Crippen LogP contribution in [-0.4, -0.2) is 71.1 Å². The van der Waals surface area contributed by atoms with Gasteiger partial charge in [0, 0.05) is 0 Å². The molecule has 12 heteroatoms. The van der Waals surface area contributed by atoms with Gasteiger partial charge in [0.1, 0.15) is 35.5 Å². The van der Waals surface area contributed by atoms with Gasteiger partial charge in [-0.15, -0.1) is 0 Å². The van der Waals surface area contributed by atoms with E-state index >= 15 is 0 Å².